The lowest BCUT2D eigenvalue weighted by Gasteiger charge is -2.12. The molecule has 9 aromatic carbocycles. The summed E-state index contributed by atoms with van der Waals surface area (Å²) in [5, 5.41) is 7.50. The SMILES string of the molecule is c1ccc2cc(-c3ccc(-c4cc(-c5ccc(-c6ccc7ccccc7c6)cc5)nc(-c5ccc(-c6ccc7ccccc7c6)cc5)c4)cc3)ccc2c1. The van der Waals surface area contributed by atoms with Crippen LogP contribution >= 0.6 is 0 Å². The molecule has 10 rings (SSSR count). The third-order valence-electron chi connectivity index (χ3n) is 10.7. The van der Waals surface area contributed by atoms with Gasteiger partial charge in [0.25, 0.3) is 0 Å². The predicted octanol–water partition coefficient (Wildman–Crippen LogP) is 14.5. The van der Waals surface area contributed by atoms with E-state index in [4.69, 9.17) is 4.98 Å². The number of benzene rings is 9. The Labute approximate surface area is 315 Å². The van der Waals surface area contributed by atoms with Crippen LogP contribution in [-0.4, -0.2) is 4.98 Å². The molecule has 0 radical (unpaired) electrons. The quantitative estimate of drug-likeness (QED) is 0.170. The van der Waals surface area contributed by atoms with E-state index in [1.165, 1.54) is 65.7 Å². The van der Waals surface area contributed by atoms with Crippen LogP contribution < -0.4 is 0 Å². The van der Waals surface area contributed by atoms with Gasteiger partial charge in [0.05, 0.1) is 11.4 Å². The maximum absolute atomic E-state index is 5.28. The Morgan fingerprint density at radius 3 is 0.778 bits per heavy atom. The van der Waals surface area contributed by atoms with E-state index in [0.717, 1.165) is 33.6 Å². The molecule has 0 bridgehead atoms. The summed E-state index contributed by atoms with van der Waals surface area (Å²) in [7, 11) is 0. The Balaban J connectivity index is 1.02. The monoisotopic (exact) mass is 685 g/mol. The molecule has 252 valence electrons. The van der Waals surface area contributed by atoms with Crippen molar-refractivity contribution >= 4 is 32.3 Å². The molecule has 0 atom stereocenters. The first-order valence-electron chi connectivity index (χ1n) is 18.5. The molecule has 1 aromatic heterocycles. The van der Waals surface area contributed by atoms with E-state index < -0.39 is 0 Å². The maximum Gasteiger partial charge on any atom is 0.0715 e. The number of pyridine rings is 1. The highest BCUT2D eigenvalue weighted by Crippen LogP contribution is 2.35. The van der Waals surface area contributed by atoms with Crippen LogP contribution in [0.2, 0.25) is 0 Å². The minimum absolute atomic E-state index is 0.949. The largest absolute Gasteiger partial charge is 0.248 e. The van der Waals surface area contributed by atoms with E-state index in [1.807, 2.05) is 0 Å². The second kappa shape index (κ2) is 13.5. The van der Waals surface area contributed by atoms with Crippen LogP contribution in [0.1, 0.15) is 0 Å². The number of hydrogen-bond acceptors (Lipinski definition) is 1. The summed E-state index contributed by atoms with van der Waals surface area (Å²) in [4.78, 5) is 5.28. The summed E-state index contributed by atoms with van der Waals surface area (Å²) in [5.41, 5.74) is 13.6. The van der Waals surface area contributed by atoms with Gasteiger partial charge in [-0.25, -0.2) is 4.98 Å². The molecule has 1 heterocycles. The van der Waals surface area contributed by atoms with Gasteiger partial charge in [0, 0.05) is 11.1 Å². The summed E-state index contributed by atoms with van der Waals surface area (Å²) < 4.78 is 0. The lowest BCUT2D eigenvalue weighted by molar-refractivity contribution is 1.32. The van der Waals surface area contributed by atoms with Gasteiger partial charge in [0.15, 0.2) is 0 Å². The molecule has 0 aliphatic heterocycles. The lowest BCUT2D eigenvalue weighted by Crippen LogP contribution is -1.92. The van der Waals surface area contributed by atoms with Gasteiger partial charge < -0.3 is 0 Å². The fourth-order valence-corrected chi connectivity index (χ4v) is 7.62. The molecule has 0 saturated carbocycles. The molecule has 10 aromatic rings. The zero-order valence-electron chi connectivity index (χ0n) is 29.7. The molecule has 54 heavy (non-hydrogen) atoms. The van der Waals surface area contributed by atoms with Crippen molar-refractivity contribution in [2.75, 3.05) is 0 Å². The van der Waals surface area contributed by atoms with Crippen molar-refractivity contribution in [3.63, 3.8) is 0 Å². The van der Waals surface area contributed by atoms with Crippen molar-refractivity contribution in [3.8, 4) is 67.0 Å². The average molecular weight is 686 g/mol. The first kappa shape index (κ1) is 31.6. The van der Waals surface area contributed by atoms with E-state index in [-0.39, 0.29) is 0 Å². The number of fused-ring (bicyclic) bond motifs is 3. The van der Waals surface area contributed by atoms with E-state index >= 15 is 0 Å². The molecule has 1 nitrogen and oxygen atoms in total. The Bertz CT molecular complexity index is 2620. The highest BCUT2D eigenvalue weighted by atomic mass is 14.7. The van der Waals surface area contributed by atoms with E-state index in [1.54, 1.807) is 0 Å². The fourth-order valence-electron chi connectivity index (χ4n) is 7.62. The van der Waals surface area contributed by atoms with E-state index in [0.29, 0.717) is 0 Å². The van der Waals surface area contributed by atoms with Crippen molar-refractivity contribution in [2.45, 2.75) is 0 Å². The van der Waals surface area contributed by atoms with Gasteiger partial charge in [-0.2, -0.15) is 0 Å². The zero-order chi connectivity index (χ0) is 35.8. The van der Waals surface area contributed by atoms with Crippen LogP contribution in [0.5, 0.6) is 0 Å². The predicted molar refractivity (Wildman–Crippen MR) is 229 cm³/mol. The number of rotatable bonds is 6. The third kappa shape index (κ3) is 6.12. The molecule has 0 saturated heterocycles. The lowest BCUT2D eigenvalue weighted by atomic mass is 9.95. The molecule has 0 aliphatic carbocycles. The zero-order valence-corrected chi connectivity index (χ0v) is 29.7. The van der Waals surface area contributed by atoms with Crippen molar-refractivity contribution in [3.05, 3.63) is 212 Å². The first-order valence-corrected chi connectivity index (χ1v) is 18.5. The smallest absolute Gasteiger partial charge is 0.0715 e. The Hall–Kier alpha value is -7.09. The number of nitrogens with zero attached hydrogens (tertiary/aromatic N) is 1. The van der Waals surface area contributed by atoms with Gasteiger partial charge >= 0.3 is 0 Å². The average Bonchev–Trinajstić information content (AvgIpc) is 3.26. The molecule has 0 unspecified atom stereocenters. The van der Waals surface area contributed by atoms with Crippen molar-refractivity contribution < 1.29 is 0 Å². The highest BCUT2D eigenvalue weighted by Gasteiger charge is 2.12. The standard InChI is InChI=1S/C53H35N/c1-4-10-45-31-48(28-21-36(45)7-1)39-13-15-42(16-14-39)51-34-52(43-24-17-40(18-25-43)49-29-22-37-8-2-5-11-46(37)32-49)54-53(35-51)44-26-19-41(20-27-44)50-30-23-38-9-3-6-12-47(38)33-50/h1-35H. The summed E-state index contributed by atoms with van der Waals surface area (Å²) in [6.45, 7) is 0. The minimum Gasteiger partial charge on any atom is -0.248 e. The highest BCUT2D eigenvalue weighted by molar-refractivity contribution is 5.90. The van der Waals surface area contributed by atoms with Gasteiger partial charge in [0.2, 0.25) is 0 Å². The van der Waals surface area contributed by atoms with Crippen LogP contribution in [0.25, 0.3) is 99.3 Å². The van der Waals surface area contributed by atoms with Crippen LogP contribution in [-0.2, 0) is 0 Å². The minimum atomic E-state index is 0.949. The van der Waals surface area contributed by atoms with Gasteiger partial charge in [-0.1, -0.05) is 182 Å². The van der Waals surface area contributed by atoms with Gasteiger partial charge in [-0.3, -0.25) is 0 Å². The van der Waals surface area contributed by atoms with Crippen LogP contribution in [0, 0.1) is 0 Å². The van der Waals surface area contributed by atoms with Crippen molar-refractivity contribution in [2.24, 2.45) is 0 Å². The summed E-state index contributed by atoms with van der Waals surface area (Å²) in [6.07, 6.45) is 0. The Morgan fingerprint density at radius 1 is 0.185 bits per heavy atom. The molecule has 0 aliphatic rings. The third-order valence-corrected chi connectivity index (χ3v) is 10.7. The maximum atomic E-state index is 5.28. The van der Waals surface area contributed by atoms with Crippen molar-refractivity contribution in [1.29, 1.82) is 0 Å². The van der Waals surface area contributed by atoms with Crippen LogP contribution in [0.3, 0.4) is 0 Å². The molecular formula is C53H35N. The first-order chi connectivity index (χ1) is 26.7. The molecular weight excluding hydrogens is 651 g/mol. The van der Waals surface area contributed by atoms with Crippen LogP contribution in [0.15, 0.2) is 212 Å². The normalized spacial score (nSPS) is 11.3. The number of hydrogen-bond donors (Lipinski definition) is 0. The van der Waals surface area contributed by atoms with Crippen molar-refractivity contribution in [1.82, 2.24) is 4.98 Å². The Morgan fingerprint density at radius 2 is 0.444 bits per heavy atom. The summed E-state index contributed by atoms with van der Waals surface area (Å²) in [6, 6.07) is 76.6. The van der Waals surface area contributed by atoms with E-state index in [2.05, 4.69) is 212 Å². The second-order valence-corrected chi connectivity index (χ2v) is 14.0. The fraction of sp³-hybridized carbons (Fsp3) is 0. The second-order valence-electron chi connectivity index (χ2n) is 14.0. The van der Waals surface area contributed by atoms with Gasteiger partial charge in [-0.05, 0) is 107 Å². The topological polar surface area (TPSA) is 12.9 Å². The Kier molecular flexibility index (Phi) is 7.89. The molecule has 0 amide bonds. The molecule has 0 spiro atoms. The molecule has 1 heteroatoms. The molecule has 0 fully saturated rings. The van der Waals surface area contributed by atoms with Gasteiger partial charge in [-0.15, -0.1) is 0 Å². The molecule has 0 N–H and O–H groups in total. The van der Waals surface area contributed by atoms with Gasteiger partial charge in [0.1, 0.15) is 0 Å². The summed E-state index contributed by atoms with van der Waals surface area (Å²) in [5.74, 6) is 0. The number of aromatic nitrogens is 1. The summed E-state index contributed by atoms with van der Waals surface area (Å²) >= 11 is 0. The van der Waals surface area contributed by atoms with Crippen LogP contribution in [0.4, 0.5) is 0 Å². The van der Waals surface area contributed by atoms with E-state index in [9.17, 15) is 0 Å².